The van der Waals surface area contributed by atoms with E-state index in [0.717, 1.165) is 6.42 Å². The molecule has 1 saturated carbocycles. The van der Waals surface area contributed by atoms with E-state index >= 15 is 0 Å². The molecule has 90 valence electrons. The third kappa shape index (κ3) is 4.93. The molecule has 1 fully saturated rings. The van der Waals surface area contributed by atoms with Gasteiger partial charge in [0.2, 0.25) is 0 Å². The highest BCUT2D eigenvalue weighted by Gasteiger charge is 2.22. The first-order valence-corrected chi connectivity index (χ1v) is 5.79. The largest absolute Gasteiger partial charge is 0.389 e. The fraction of sp³-hybridized carbons (Fsp3) is 1.00. The fourth-order valence-electron chi connectivity index (χ4n) is 2.00. The number of hydroxylamine groups is 1. The van der Waals surface area contributed by atoms with Gasteiger partial charge in [0.25, 0.3) is 0 Å². The number of hydrogen-bond acceptors (Lipinski definition) is 4. The van der Waals surface area contributed by atoms with E-state index in [1.54, 1.807) is 0 Å². The van der Waals surface area contributed by atoms with Crippen LogP contribution >= 0.6 is 0 Å². The Hall–Kier alpha value is -0.160. The Labute approximate surface area is 91.9 Å². The SMILES string of the molecule is CONCC(O)COC1CCCCC1C. The molecule has 0 saturated heterocycles. The van der Waals surface area contributed by atoms with Gasteiger partial charge >= 0.3 is 0 Å². The quantitative estimate of drug-likeness (QED) is 0.654. The van der Waals surface area contributed by atoms with E-state index in [1.807, 2.05) is 0 Å². The molecule has 3 unspecified atom stereocenters. The minimum Gasteiger partial charge on any atom is -0.389 e. The zero-order valence-electron chi connectivity index (χ0n) is 9.74. The molecular weight excluding hydrogens is 194 g/mol. The second kappa shape index (κ2) is 7.17. The Balaban J connectivity index is 2.11. The molecular formula is C11H23NO3. The molecule has 1 aliphatic carbocycles. The number of aliphatic hydroxyl groups excluding tert-OH is 1. The molecule has 0 aliphatic heterocycles. The van der Waals surface area contributed by atoms with Crippen LogP contribution in [0, 0.1) is 5.92 Å². The van der Waals surface area contributed by atoms with Crippen LogP contribution in [-0.2, 0) is 9.57 Å². The summed E-state index contributed by atoms with van der Waals surface area (Å²) in [6.07, 6.45) is 4.79. The maximum Gasteiger partial charge on any atom is 0.0921 e. The first-order valence-electron chi connectivity index (χ1n) is 5.79. The number of ether oxygens (including phenoxy) is 1. The second-order valence-corrected chi connectivity index (χ2v) is 4.34. The molecule has 0 heterocycles. The molecule has 0 aromatic carbocycles. The van der Waals surface area contributed by atoms with Crippen LogP contribution in [0.25, 0.3) is 0 Å². The monoisotopic (exact) mass is 217 g/mol. The molecule has 1 rings (SSSR count). The molecule has 4 heteroatoms. The van der Waals surface area contributed by atoms with Crippen LogP contribution in [0.2, 0.25) is 0 Å². The van der Waals surface area contributed by atoms with Crippen molar-refractivity contribution in [1.82, 2.24) is 5.48 Å². The summed E-state index contributed by atoms with van der Waals surface area (Å²) in [5.41, 5.74) is 2.62. The lowest BCUT2D eigenvalue weighted by Gasteiger charge is -2.29. The van der Waals surface area contributed by atoms with Gasteiger partial charge in [-0.25, -0.2) is 5.48 Å². The Morgan fingerprint density at radius 1 is 1.40 bits per heavy atom. The summed E-state index contributed by atoms with van der Waals surface area (Å²) in [6.45, 7) is 3.03. The molecule has 0 radical (unpaired) electrons. The van der Waals surface area contributed by atoms with Gasteiger partial charge in [-0.15, -0.1) is 0 Å². The number of nitrogens with one attached hydrogen (secondary N) is 1. The van der Waals surface area contributed by atoms with Gasteiger partial charge in [-0.2, -0.15) is 0 Å². The summed E-state index contributed by atoms with van der Waals surface area (Å²) in [4.78, 5) is 4.66. The summed E-state index contributed by atoms with van der Waals surface area (Å²) in [7, 11) is 1.54. The average Bonchev–Trinajstić information content (AvgIpc) is 2.25. The van der Waals surface area contributed by atoms with Gasteiger partial charge in [-0.1, -0.05) is 19.8 Å². The Kier molecular flexibility index (Phi) is 6.17. The van der Waals surface area contributed by atoms with Crippen molar-refractivity contribution < 1.29 is 14.7 Å². The van der Waals surface area contributed by atoms with E-state index in [2.05, 4.69) is 17.2 Å². The first kappa shape index (κ1) is 12.9. The normalized spacial score (nSPS) is 29.0. The lowest BCUT2D eigenvalue weighted by atomic mass is 9.88. The van der Waals surface area contributed by atoms with E-state index in [-0.39, 0.29) is 0 Å². The number of aliphatic hydroxyl groups is 1. The number of rotatable bonds is 6. The van der Waals surface area contributed by atoms with Crippen molar-refractivity contribution >= 4 is 0 Å². The van der Waals surface area contributed by atoms with E-state index in [9.17, 15) is 5.11 Å². The van der Waals surface area contributed by atoms with E-state index in [0.29, 0.717) is 25.2 Å². The fourth-order valence-corrected chi connectivity index (χ4v) is 2.00. The van der Waals surface area contributed by atoms with Crippen LogP contribution in [0.3, 0.4) is 0 Å². The van der Waals surface area contributed by atoms with Gasteiger partial charge in [-0.3, -0.25) is 0 Å². The Bertz CT molecular complexity index is 166. The van der Waals surface area contributed by atoms with Crippen LogP contribution in [0.1, 0.15) is 32.6 Å². The summed E-state index contributed by atoms with van der Waals surface area (Å²) < 4.78 is 5.71. The van der Waals surface area contributed by atoms with Gasteiger partial charge < -0.3 is 14.7 Å². The molecule has 0 amide bonds. The molecule has 3 atom stereocenters. The predicted molar refractivity (Wildman–Crippen MR) is 58.4 cm³/mol. The molecule has 15 heavy (non-hydrogen) atoms. The van der Waals surface area contributed by atoms with Crippen molar-refractivity contribution in [2.45, 2.75) is 44.8 Å². The van der Waals surface area contributed by atoms with E-state index in [1.165, 1.54) is 26.4 Å². The number of hydrogen-bond donors (Lipinski definition) is 2. The van der Waals surface area contributed by atoms with E-state index < -0.39 is 6.10 Å². The highest BCUT2D eigenvalue weighted by Crippen LogP contribution is 2.26. The zero-order valence-corrected chi connectivity index (χ0v) is 9.74. The third-order valence-corrected chi connectivity index (χ3v) is 3.00. The van der Waals surface area contributed by atoms with Crippen molar-refractivity contribution in [3.8, 4) is 0 Å². The Morgan fingerprint density at radius 3 is 2.80 bits per heavy atom. The van der Waals surface area contributed by atoms with Gasteiger partial charge in [0.15, 0.2) is 0 Å². The smallest absolute Gasteiger partial charge is 0.0921 e. The highest BCUT2D eigenvalue weighted by molar-refractivity contribution is 4.73. The maximum absolute atomic E-state index is 9.53. The molecule has 2 N–H and O–H groups in total. The highest BCUT2D eigenvalue weighted by atomic mass is 16.6. The standard InChI is InChI=1S/C11H23NO3/c1-9-5-3-4-6-11(9)15-8-10(13)7-12-14-2/h9-13H,3-8H2,1-2H3. The van der Waals surface area contributed by atoms with Gasteiger partial charge in [0, 0.05) is 6.54 Å². The van der Waals surface area contributed by atoms with Crippen molar-refractivity contribution in [2.75, 3.05) is 20.3 Å². The molecule has 1 aliphatic rings. The topological polar surface area (TPSA) is 50.7 Å². The van der Waals surface area contributed by atoms with Crippen molar-refractivity contribution in [1.29, 1.82) is 0 Å². The molecule has 0 spiro atoms. The summed E-state index contributed by atoms with van der Waals surface area (Å²) in [5, 5.41) is 9.53. The Morgan fingerprint density at radius 2 is 2.13 bits per heavy atom. The van der Waals surface area contributed by atoms with Crippen LogP contribution in [0.15, 0.2) is 0 Å². The van der Waals surface area contributed by atoms with Crippen LogP contribution in [-0.4, -0.2) is 37.6 Å². The lowest BCUT2D eigenvalue weighted by molar-refractivity contribution is -0.0552. The van der Waals surface area contributed by atoms with Crippen molar-refractivity contribution in [2.24, 2.45) is 5.92 Å². The van der Waals surface area contributed by atoms with Crippen LogP contribution in [0.4, 0.5) is 0 Å². The maximum atomic E-state index is 9.53. The minimum absolute atomic E-state index is 0.330. The van der Waals surface area contributed by atoms with Gasteiger partial charge in [0.1, 0.15) is 0 Å². The minimum atomic E-state index is -0.487. The van der Waals surface area contributed by atoms with Crippen molar-refractivity contribution in [3.05, 3.63) is 0 Å². The summed E-state index contributed by atoms with van der Waals surface area (Å²) in [6, 6.07) is 0. The lowest BCUT2D eigenvalue weighted by Crippen LogP contribution is -2.34. The average molecular weight is 217 g/mol. The van der Waals surface area contributed by atoms with Crippen LogP contribution in [0.5, 0.6) is 0 Å². The van der Waals surface area contributed by atoms with Crippen molar-refractivity contribution in [3.63, 3.8) is 0 Å². The summed E-state index contributed by atoms with van der Waals surface area (Å²) in [5.74, 6) is 0.626. The first-order chi connectivity index (χ1) is 7.24. The van der Waals surface area contributed by atoms with E-state index in [4.69, 9.17) is 4.74 Å². The third-order valence-electron chi connectivity index (χ3n) is 3.00. The molecule has 4 nitrogen and oxygen atoms in total. The summed E-state index contributed by atoms with van der Waals surface area (Å²) >= 11 is 0. The van der Waals surface area contributed by atoms with Crippen LogP contribution < -0.4 is 5.48 Å². The van der Waals surface area contributed by atoms with Gasteiger partial charge in [-0.05, 0) is 18.8 Å². The predicted octanol–water partition coefficient (Wildman–Crippen LogP) is 1.09. The zero-order chi connectivity index (χ0) is 11.1. The molecule has 0 aromatic heterocycles. The molecule has 0 aromatic rings. The second-order valence-electron chi connectivity index (χ2n) is 4.34. The molecule has 0 bridgehead atoms. The van der Waals surface area contributed by atoms with Gasteiger partial charge in [0.05, 0.1) is 25.9 Å².